The third kappa shape index (κ3) is 2.80. The first-order chi connectivity index (χ1) is 6.13. The molecule has 0 bridgehead atoms. The first kappa shape index (κ1) is 10.2. The van der Waals surface area contributed by atoms with Gasteiger partial charge in [0.05, 0.1) is 12.4 Å². The van der Waals surface area contributed by atoms with E-state index in [9.17, 15) is 9.32 Å². The fraction of sp³-hybridized carbons (Fsp3) is 0.250. The average Bonchev–Trinajstić information content (AvgIpc) is 2.07. The highest BCUT2D eigenvalue weighted by molar-refractivity contribution is 7.78. The number of phenols is 1. The van der Waals surface area contributed by atoms with Gasteiger partial charge in [0.1, 0.15) is 5.75 Å². The fourth-order valence-electron chi connectivity index (χ4n) is 0.998. The van der Waals surface area contributed by atoms with Crippen molar-refractivity contribution >= 4 is 11.1 Å². The van der Waals surface area contributed by atoms with Crippen LogP contribution in [0.3, 0.4) is 0 Å². The number of aromatic hydroxyl groups is 1. The van der Waals surface area contributed by atoms with Crippen molar-refractivity contribution in [2.45, 2.75) is 12.4 Å². The zero-order valence-electron chi connectivity index (χ0n) is 6.80. The van der Waals surface area contributed by atoms with Crippen molar-refractivity contribution in [3.05, 3.63) is 29.3 Å². The van der Waals surface area contributed by atoms with Crippen molar-refractivity contribution in [2.75, 3.05) is 0 Å². The van der Waals surface area contributed by atoms with E-state index in [1.165, 1.54) is 12.1 Å². The number of aliphatic hydroxyl groups is 1. The highest BCUT2D eigenvalue weighted by Gasteiger charge is 2.03. The fourth-order valence-corrected chi connectivity index (χ4v) is 1.46. The maximum atomic E-state index is 10.4. The first-order valence-corrected chi connectivity index (χ1v) is 4.90. The molecule has 0 aliphatic carbocycles. The highest BCUT2D eigenvalue weighted by Crippen LogP contribution is 2.18. The van der Waals surface area contributed by atoms with Gasteiger partial charge in [-0.15, -0.1) is 0 Å². The minimum Gasteiger partial charge on any atom is -0.508 e. The van der Waals surface area contributed by atoms with Crippen molar-refractivity contribution in [2.24, 2.45) is 0 Å². The molecular formula is C8H10O4S. The number of rotatable bonds is 3. The van der Waals surface area contributed by atoms with E-state index in [1.54, 1.807) is 6.07 Å². The van der Waals surface area contributed by atoms with Crippen LogP contribution < -0.4 is 0 Å². The van der Waals surface area contributed by atoms with Gasteiger partial charge in [-0.25, -0.2) is 4.21 Å². The van der Waals surface area contributed by atoms with E-state index in [1.807, 2.05) is 0 Å². The summed E-state index contributed by atoms with van der Waals surface area (Å²) in [5, 5.41) is 17.9. The summed E-state index contributed by atoms with van der Waals surface area (Å²) in [4.78, 5) is 0. The minimum absolute atomic E-state index is 0.00466. The summed E-state index contributed by atoms with van der Waals surface area (Å²) >= 11 is -1.90. The minimum atomic E-state index is -1.90. The molecule has 0 aliphatic heterocycles. The zero-order valence-corrected chi connectivity index (χ0v) is 7.62. The number of hydrogen-bond acceptors (Lipinski definition) is 3. The van der Waals surface area contributed by atoms with Gasteiger partial charge in [0.15, 0.2) is 11.1 Å². The maximum Gasteiger partial charge on any atom is 0.157 e. The van der Waals surface area contributed by atoms with Crippen LogP contribution in [0.15, 0.2) is 18.2 Å². The summed E-state index contributed by atoms with van der Waals surface area (Å²) in [7, 11) is 0. The zero-order chi connectivity index (χ0) is 9.84. The predicted molar refractivity (Wildman–Crippen MR) is 48.5 cm³/mol. The van der Waals surface area contributed by atoms with Gasteiger partial charge in [-0.1, -0.05) is 6.07 Å². The molecule has 0 spiro atoms. The van der Waals surface area contributed by atoms with Crippen LogP contribution in [0.2, 0.25) is 0 Å². The summed E-state index contributed by atoms with van der Waals surface area (Å²) in [6.45, 7) is -0.280. The van der Waals surface area contributed by atoms with Crippen LogP contribution in [0.4, 0.5) is 0 Å². The number of hydrogen-bond donors (Lipinski definition) is 3. The Morgan fingerprint density at radius 2 is 2.08 bits per heavy atom. The van der Waals surface area contributed by atoms with Crippen LogP contribution in [0.25, 0.3) is 0 Å². The van der Waals surface area contributed by atoms with Gasteiger partial charge in [-0.3, -0.25) is 0 Å². The summed E-state index contributed by atoms with van der Waals surface area (Å²) in [5.74, 6) is 0.00257. The molecule has 0 fully saturated rings. The third-order valence-corrected chi connectivity index (χ3v) is 2.18. The first-order valence-electron chi connectivity index (χ1n) is 3.62. The van der Waals surface area contributed by atoms with Crippen molar-refractivity contribution in [3.8, 4) is 5.75 Å². The lowest BCUT2D eigenvalue weighted by Crippen LogP contribution is -1.94. The highest BCUT2D eigenvalue weighted by atomic mass is 32.2. The second-order valence-corrected chi connectivity index (χ2v) is 3.52. The quantitative estimate of drug-likeness (QED) is 0.627. The van der Waals surface area contributed by atoms with Crippen molar-refractivity contribution in [3.63, 3.8) is 0 Å². The maximum absolute atomic E-state index is 10.4. The standard InChI is InChI=1S/C8H10O4S/c9-4-7-3-6(5-13(11)12)1-2-8(7)10/h1-3,9-10H,4-5H2,(H,11,12). The van der Waals surface area contributed by atoms with E-state index in [2.05, 4.69) is 0 Å². The van der Waals surface area contributed by atoms with Crippen LogP contribution in [0.5, 0.6) is 5.75 Å². The lowest BCUT2D eigenvalue weighted by atomic mass is 10.1. The molecule has 0 aliphatic rings. The van der Waals surface area contributed by atoms with Crippen molar-refractivity contribution in [1.82, 2.24) is 0 Å². The Balaban J connectivity index is 2.92. The molecule has 1 unspecified atom stereocenters. The molecule has 1 aromatic carbocycles. The predicted octanol–water partition coefficient (Wildman–Crippen LogP) is 0.606. The largest absolute Gasteiger partial charge is 0.508 e. The van der Waals surface area contributed by atoms with Gasteiger partial charge in [-0.05, 0) is 17.7 Å². The lowest BCUT2D eigenvalue weighted by molar-refractivity contribution is 0.275. The Bertz CT molecular complexity index is 324. The van der Waals surface area contributed by atoms with Gasteiger partial charge in [0.25, 0.3) is 0 Å². The molecule has 13 heavy (non-hydrogen) atoms. The molecule has 0 aromatic heterocycles. The molecule has 72 valence electrons. The Morgan fingerprint density at radius 3 is 2.62 bits per heavy atom. The molecule has 4 nitrogen and oxygen atoms in total. The smallest absolute Gasteiger partial charge is 0.157 e. The Labute approximate surface area is 78.1 Å². The Morgan fingerprint density at radius 1 is 1.38 bits per heavy atom. The Kier molecular flexibility index (Phi) is 3.41. The van der Waals surface area contributed by atoms with Gasteiger partial charge < -0.3 is 14.8 Å². The molecule has 0 amide bonds. The molecule has 1 rings (SSSR count). The van der Waals surface area contributed by atoms with Crippen LogP contribution in [-0.4, -0.2) is 19.0 Å². The molecule has 0 saturated carbocycles. The SMILES string of the molecule is O=S(O)Cc1ccc(O)c(CO)c1. The second kappa shape index (κ2) is 4.36. The molecule has 0 saturated heterocycles. The van der Waals surface area contributed by atoms with Crippen molar-refractivity contribution in [1.29, 1.82) is 0 Å². The topological polar surface area (TPSA) is 77.8 Å². The van der Waals surface area contributed by atoms with Crippen LogP contribution in [-0.2, 0) is 23.4 Å². The van der Waals surface area contributed by atoms with E-state index >= 15 is 0 Å². The average molecular weight is 202 g/mol. The molecule has 1 aromatic rings. The van der Waals surface area contributed by atoms with Gasteiger partial charge >= 0.3 is 0 Å². The molecule has 1 atom stereocenters. The summed E-state index contributed by atoms with van der Waals surface area (Å²) in [5.41, 5.74) is 0.977. The monoisotopic (exact) mass is 202 g/mol. The van der Waals surface area contributed by atoms with E-state index in [0.717, 1.165) is 0 Å². The molecule has 5 heteroatoms. The van der Waals surface area contributed by atoms with E-state index in [-0.39, 0.29) is 18.1 Å². The van der Waals surface area contributed by atoms with Gasteiger partial charge in [0, 0.05) is 5.56 Å². The van der Waals surface area contributed by atoms with Gasteiger partial charge in [0.2, 0.25) is 0 Å². The Hall–Kier alpha value is -0.910. The summed E-state index contributed by atoms with van der Waals surface area (Å²) < 4.78 is 19.0. The molecule has 0 heterocycles. The van der Waals surface area contributed by atoms with Gasteiger partial charge in [-0.2, -0.15) is 0 Å². The lowest BCUT2D eigenvalue weighted by Gasteiger charge is -2.03. The van der Waals surface area contributed by atoms with E-state index < -0.39 is 11.1 Å². The molecule has 3 N–H and O–H groups in total. The van der Waals surface area contributed by atoms with Crippen LogP contribution >= 0.6 is 0 Å². The van der Waals surface area contributed by atoms with E-state index in [4.69, 9.17) is 9.66 Å². The van der Waals surface area contributed by atoms with Crippen molar-refractivity contribution < 1.29 is 19.0 Å². The normalized spacial score (nSPS) is 12.8. The molecule has 0 radical (unpaired) electrons. The van der Waals surface area contributed by atoms with Crippen LogP contribution in [0, 0.1) is 0 Å². The number of aliphatic hydroxyl groups excluding tert-OH is 1. The summed E-state index contributed by atoms with van der Waals surface area (Å²) in [6, 6.07) is 4.44. The summed E-state index contributed by atoms with van der Waals surface area (Å²) in [6.07, 6.45) is 0. The molecular weight excluding hydrogens is 192 g/mol. The van der Waals surface area contributed by atoms with E-state index in [0.29, 0.717) is 11.1 Å². The van der Waals surface area contributed by atoms with Crippen LogP contribution in [0.1, 0.15) is 11.1 Å². The number of benzene rings is 1. The third-order valence-electron chi connectivity index (χ3n) is 1.60. The second-order valence-electron chi connectivity index (χ2n) is 2.59.